The second-order valence-corrected chi connectivity index (χ2v) is 7.51. The first-order chi connectivity index (χ1) is 12.3. The van der Waals surface area contributed by atoms with Crippen LogP contribution in [0.5, 0.6) is 11.5 Å². The Morgan fingerprint density at radius 3 is 2.19 bits per heavy atom. The molecule has 1 saturated heterocycles. The summed E-state index contributed by atoms with van der Waals surface area (Å²) in [7, 11) is -4.06. The molecule has 0 spiro atoms. The Bertz CT molecular complexity index is 890. The highest BCUT2D eigenvalue weighted by Crippen LogP contribution is 2.25. The van der Waals surface area contributed by atoms with Gasteiger partial charge in [0, 0.05) is 13.0 Å². The normalized spacial score (nSPS) is 20.0. The lowest BCUT2D eigenvalue weighted by molar-refractivity contribution is -0.144. The van der Waals surface area contributed by atoms with Gasteiger partial charge in [-0.1, -0.05) is 0 Å². The van der Waals surface area contributed by atoms with E-state index in [0.29, 0.717) is 11.5 Å². The molecular formula is C17H16FNO6S. The van der Waals surface area contributed by atoms with E-state index in [2.05, 4.69) is 4.72 Å². The number of hydrogen-bond donors (Lipinski definition) is 2. The highest BCUT2D eigenvalue weighted by Gasteiger charge is 2.46. The first-order valence-corrected chi connectivity index (χ1v) is 9.18. The molecule has 0 unspecified atom stereocenters. The van der Waals surface area contributed by atoms with Crippen LogP contribution in [-0.4, -0.2) is 38.2 Å². The minimum atomic E-state index is -4.06. The van der Waals surface area contributed by atoms with Crippen LogP contribution < -0.4 is 9.46 Å². The first-order valence-electron chi connectivity index (χ1n) is 7.69. The fraction of sp³-hybridized carbons (Fsp3) is 0.235. The summed E-state index contributed by atoms with van der Waals surface area (Å²) in [6.45, 7) is -0.0629. The third kappa shape index (κ3) is 3.85. The lowest BCUT2D eigenvalue weighted by atomic mass is 10.0. The third-order valence-corrected chi connectivity index (χ3v) is 5.50. The topological polar surface area (TPSA) is 102 Å². The number of nitrogens with one attached hydrogen (secondary N) is 1. The van der Waals surface area contributed by atoms with Gasteiger partial charge in [0.15, 0.2) is 5.54 Å². The lowest BCUT2D eigenvalue weighted by Crippen LogP contribution is -2.54. The van der Waals surface area contributed by atoms with Crippen molar-refractivity contribution in [2.24, 2.45) is 0 Å². The monoisotopic (exact) mass is 381 g/mol. The van der Waals surface area contributed by atoms with Crippen LogP contribution in [0.25, 0.3) is 0 Å². The van der Waals surface area contributed by atoms with E-state index in [0.717, 1.165) is 0 Å². The number of aliphatic carboxylic acids is 1. The molecule has 7 nitrogen and oxygen atoms in total. The molecule has 1 fully saturated rings. The Kier molecular flexibility index (Phi) is 4.94. The number of rotatable bonds is 6. The van der Waals surface area contributed by atoms with Crippen LogP contribution in [0.15, 0.2) is 53.4 Å². The second kappa shape index (κ2) is 7.02. The molecule has 2 aromatic carbocycles. The van der Waals surface area contributed by atoms with Gasteiger partial charge in [-0.2, -0.15) is 4.72 Å². The first kappa shape index (κ1) is 18.3. The van der Waals surface area contributed by atoms with Crippen molar-refractivity contribution in [3.8, 4) is 11.5 Å². The number of benzene rings is 2. The van der Waals surface area contributed by atoms with Crippen molar-refractivity contribution >= 4 is 16.0 Å². The summed E-state index contributed by atoms with van der Waals surface area (Å²) in [5.41, 5.74) is -1.66. The van der Waals surface area contributed by atoms with E-state index in [1.807, 2.05) is 0 Å². The van der Waals surface area contributed by atoms with Gasteiger partial charge in [0.25, 0.3) is 0 Å². The molecule has 9 heteroatoms. The summed E-state index contributed by atoms with van der Waals surface area (Å²) in [4.78, 5) is 11.4. The number of carbonyl (C=O) groups is 1. The summed E-state index contributed by atoms with van der Waals surface area (Å²) in [6, 6.07) is 10.8. The summed E-state index contributed by atoms with van der Waals surface area (Å²) in [6.07, 6.45) is 0.0489. The van der Waals surface area contributed by atoms with E-state index in [9.17, 15) is 22.7 Å². The zero-order valence-corrected chi connectivity index (χ0v) is 14.3. The highest BCUT2D eigenvalue weighted by atomic mass is 32.2. The Balaban J connectivity index is 1.76. The van der Waals surface area contributed by atoms with E-state index in [-0.39, 0.29) is 24.5 Å². The summed E-state index contributed by atoms with van der Waals surface area (Å²) in [5.74, 6) is -0.927. The van der Waals surface area contributed by atoms with Gasteiger partial charge < -0.3 is 14.6 Å². The molecular weight excluding hydrogens is 365 g/mol. The molecule has 0 saturated carbocycles. The van der Waals surface area contributed by atoms with Gasteiger partial charge in [-0.3, -0.25) is 4.79 Å². The molecule has 138 valence electrons. The zero-order valence-electron chi connectivity index (χ0n) is 13.5. The van der Waals surface area contributed by atoms with Gasteiger partial charge in [0.1, 0.15) is 17.3 Å². The van der Waals surface area contributed by atoms with Gasteiger partial charge >= 0.3 is 5.97 Å². The summed E-state index contributed by atoms with van der Waals surface area (Å²) < 4.78 is 50.6. The average molecular weight is 381 g/mol. The van der Waals surface area contributed by atoms with Crippen LogP contribution in [0.4, 0.5) is 4.39 Å². The van der Waals surface area contributed by atoms with Crippen LogP contribution in [-0.2, 0) is 19.6 Å². The molecule has 0 bridgehead atoms. The van der Waals surface area contributed by atoms with Gasteiger partial charge in [0.2, 0.25) is 10.0 Å². The van der Waals surface area contributed by atoms with E-state index in [4.69, 9.17) is 9.47 Å². The number of carboxylic acid groups (broad SMARTS) is 1. The second-order valence-electron chi connectivity index (χ2n) is 5.82. The number of sulfonamides is 1. The number of halogens is 1. The number of carboxylic acids is 1. The van der Waals surface area contributed by atoms with Crippen molar-refractivity contribution in [3.05, 3.63) is 54.3 Å². The predicted molar refractivity (Wildman–Crippen MR) is 89.0 cm³/mol. The van der Waals surface area contributed by atoms with Gasteiger partial charge in [-0.15, -0.1) is 0 Å². The van der Waals surface area contributed by atoms with Gasteiger partial charge in [-0.25, -0.2) is 12.8 Å². The fourth-order valence-electron chi connectivity index (χ4n) is 2.50. The molecule has 26 heavy (non-hydrogen) atoms. The standard InChI is InChI=1S/C17H16FNO6S/c18-12-1-3-13(4-2-12)25-14-5-7-15(8-6-14)26(22,23)19-17(16(20)21)9-10-24-11-17/h1-8,19H,9-11H2,(H,20,21)/t17-/m1/s1. The molecule has 1 aliphatic rings. The minimum absolute atomic E-state index is 0.0489. The van der Waals surface area contributed by atoms with Crippen LogP contribution in [0.1, 0.15) is 6.42 Å². The maximum absolute atomic E-state index is 12.9. The van der Waals surface area contributed by atoms with E-state index in [1.54, 1.807) is 0 Å². The highest BCUT2D eigenvalue weighted by molar-refractivity contribution is 7.89. The summed E-state index contributed by atoms with van der Waals surface area (Å²) >= 11 is 0. The Hall–Kier alpha value is -2.49. The van der Waals surface area contributed by atoms with Crippen molar-refractivity contribution in [1.82, 2.24) is 4.72 Å². The predicted octanol–water partition coefficient (Wildman–Crippen LogP) is 2.14. The van der Waals surface area contributed by atoms with Crippen molar-refractivity contribution in [1.29, 1.82) is 0 Å². The molecule has 0 aliphatic carbocycles. The maximum Gasteiger partial charge on any atom is 0.327 e. The van der Waals surface area contributed by atoms with E-state index < -0.39 is 27.3 Å². The minimum Gasteiger partial charge on any atom is -0.480 e. The molecule has 2 aromatic rings. The van der Waals surface area contributed by atoms with Crippen LogP contribution in [0.3, 0.4) is 0 Å². The molecule has 1 atom stereocenters. The molecule has 2 N–H and O–H groups in total. The fourth-order valence-corrected chi connectivity index (χ4v) is 3.87. The van der Waals surface area contributed by atoms with Crippen molar-refractivity contribution in [2.75, 3.05) is 13.2 Å². The smallest absolute Gasteiger partial charge is 0.327 e. The van der Waals surface area contributed by atoms with Crippen LogP contribution in [0.2, 0.25) is 0 Å². The maximum atomic E-state index is 12.9. The zero-order chi connectivity index (χ0) is 18.8. The molecule has 0 amide bonds. The number of ether oxygens (including phenoxy) is 2. The van der Waals surface area contributed by atoms with Crippen LogP contribution in [0, 0.1) is 5.82 Å². The third-order valence-electron chi connectivity index (χ3n) is 3.94. The van der Waals surface area contributed by atoms with Crippen molar-refractivity contribution < 1.29 is 32.2 Å². The molecule has 0 aromatic heterocycles. The summed E-state index contributed by atoms with van der Waals surface area (Å²) in [5, 5.41) is 9.35. The van der Waals surface area contributed by atoms with Gasteiger partial charge in [0.05, 0.1) is 11.5 Å². The van der Waals surface area contributed by atoms with E-state index >= 15 is 0 Å². The quantitative estimate of drug-likeness (QED) is 0.795. The number of hydrogen-bond acceptors (Lipinski definition) is 5. The van der Waals surface area contributed by atoms with Crippen molar-refractivity contribution in [3.63, 3.8) is 0 Å². The lowest BCUT2D eigenvalue weighted by Gasteiger charge is -2.23. The van der Waals surface area contributed by atoms with E-state index in [1.165, 1.54) is 48.5 Å². The molecule has 1 heterocycles. The average Bonchev–Trinajstić information content (AvgIpc) is 3.07. The largest absolute Gasteiger partial charge is 0.480 e. The molecule has 1 aliphatic heterocycles. The Labute approximate surface area is 149 Å². The van der Waals surface area contributed by atoms with Crippen LogP contribution >= 0.6 is 0 Å². The van der Waals surface area contributed by atoms with Crippen molar-refractivity contribution in [2.45, 2.75) is 16.9 Å². The Morgan fingerprint density at radius 1 is 1.12 bits per heavy atom. The Morgan fingerprint density at radius 2 is 1.69 bits per heavy atom. The van der Waals surface area contributed by atoms with Gasteiger partial charge in [-0.05, 0) is 48.5 Å². The SMILES string of the molecule is O=C(O)[C@@]1(NS(=O)(=O)c2ccc(Oc3ccc(F)cc3)cc2)CCOC1. The molecule has 3 rings (SSSR count). The molecule has 0 radical (unpaired) electrons.